The number of nitrogens with one attached hydrogen (secondary N) is 1. The van der Waals surface area contributed by atoms with Crippen LogP contribution in [0.3, 0.4) is 0 Å². The molecule has 0 amide bonds. The number of hydrogen-bond donors (Lipinski definition) is 1. The van der Waals surface area contributed by atoms with E-state index < -0.39 is 11.5 Å². The van der Waals surface area contributed by atoms with Gasteiger partial charge in [-0.15, -0.1) is 0 Å². The van der Waals surface area contributed by atoms with Crippen LogP contribution in [0.2, 0.25) is 0 Å². The molecule has 1 aromatic rings. The maximum absolute atomic E-state index is 11.3. The second kappa shape index (κ2) is 6.62. The lowest BCUT2D eigenvalue weighted by Crippen LogP contribution is -2.17. The molecule has 0 aliphatic rings. The van der Waals surface area contributed by atoms with Crippen LogP contribution in [0.1, 0.15) is 5.76 Å². The summed E-state index contributed by atoms with van der Waals surface area (Å²) in [6.07, 6.45) is 1.47. The van der Waals surface area contributed by atoms with Crippen molar-refractivity contribution in [2.75, 3.05) is 7.11 Å². The normalized spacial score (nSPS) is 10.7. The second-order valence-electron chi connectivity index (χ2n) is 2.95. The molecule has 92 valence electrons. The van der Waals surface area contributed by atoms with Crippen LogP contribution in [-0.2, 0) is 16.1 Å². The molecule has 0 bridgehead atoms. The molecule has 1 aromatic heterocycles. The first-order valence-electron chi connectivity index (χ1n) is 4.77. The minimum absolute atomic E-state index is 0.170. The third-order valence-corrected chi connectivity index (χ3v) is 1.89. The van der Waals surface area contributed by atoms with Gasteiger partial charge in [0.2, 0.25) is 0 Å². The van der Waals surface area contributed by atoms with Crippen molar-refractivity contribution in [1.29, 1.82) is 5.26 Å². The van der Waals surface area contributed by atoms with E-state index in [1.807, 2.05) is 0 Å². The molecule has 8 heteroatoms. The van der Waals surface area contributed by atoms with Crippen molar-refractivity contribution in [2.45, 2.75) is 6.54 Å². The third kappa shape index (κ3) is 3.30. The molecule has 0 aromatic carbocycles. The first-order chi connectivity index (χ1) is 8.72. The van der Waals surface area contributed by atoms with E-state index in [0.29, 0.717) is 5.76 Å². The van der Waals surface area contributed by atoms with Gasteiger partial charge in [0.15, 0.2) is 5.57 Å². The number of carbonyl (C=O) groups excluding carboxylic acids is 1. The van der Waals surface area contributed by atoms with Crippen molar-refractivity contribution < 1.29 is 13.9 Å². The number of ether oxygens (including phenoxy) is 1. The largest absolute Gasteiger partial charge is 0.467 e. The van der Waals surface area contributed by atoms with Crippen molar-refractivity contribution >= 4 is 5.97 Å². The second-order valence-corrected chi connectivity index (χ2v) is 2.95. The highest BCUT2D eigenvalue weighted by Gasteiger charge is 2.15. The predicted octanol–water partition coefficient (Wildman–Crippen LogP) is 1.59. The highest BCUT2D eigenvalue weighted by molar-refractivity contribution is 5.93. The third-order valence-electron chi connectivity index (χ3n) is 1.89. The molecule has 0 spiro atoms. The Morgan fingerprint density at radius 2 is 2.56 bits per heavy atom. The van der Waals surface area contributed by atoms with Gasteiger partial charge in [-0.2, -0.15) is 5.26 Å². The zero-order valence-corrected chi connectivity index (χ0v) is 9.45. The molecule has 1 heterocycles. The van der Waals surface area contributed by atoms with Crippen molar-refractivity contribution in [2.24, 2.45) is 5.11 Å². The van der Waals surface area contributed by atoms with Crippen LogP contribution in [0.4, 0.5) is 0 Å². The summed E-state index contributed by atoms with van der Waals surface area (Å²) in [6.45, 7) is 0.170. The molecule has 1 N–H and O–H groups in total. The molecule has 0 saturated carbocycles. The van der Waals surface area contributed by atoms with E-state index in [0.717, 1.165) is 7.11 Å². The van der Waals surface area contributed by atoms with Gasteiger partial charge >= 0.3 is 5.97 Å². The molecule has 18 heavy (non-hydrogen) atoms. The number of nitriles is 1. The fourth-order valence-corrected chi connectivity index (χ4v) is 1.10. The highest BCUT2D eigenvalue weighted by atomic mass is 16.5. The van der Waals surface area contributed by atoms with Crippen molar-refractivity contribution in [3.63, 3.8) is 0 Å². The number of carbonyl (C=O) groups is 1. The monoisotopic (exact) mass is 247 g/mol. The average Bonchev–Trinajstić information content (AvgIpc) is 2.89. The molecule has 0 aliphatic carbocycles. The summed E-state index contributed by atoms with van der Waals surface area (Å²) in [4.78, 5) is 13.8. The Morgan fingerprint density at radius 1 is 1.78 bits per heavy atom. The van der Waals surface area contributed by atoms with E-state index >= 15 is 0 Å². The lowest BCUT2D eigenvalue weighted by atomic mass is 10.3. The molecule has 0 atom stereocenters. The number of rotatable bonds is 5. The van der Waals surface area contributed by atoms with Crippen LogP contribution >= 0.6 is 0 Å². The lowest BCUT2D eigenvalue weighted by Gasteiger charge is -2.05. The van der Waals surface area contributed by atoms with Gasteiger partial charge in [0, 0.05) is 4.91 Å². The molecular weight excluding hydrogens is 238 g/mol. The van der Waals surface area contributed by atoms with Crippen LogP contribution < -0.4 is 5.32 Å². The summed E-state index contributed by atoms with van der Waals surface area (Å²) in [5.41, 5.74) is 7.99. The fourth-order valence-electron chi connectivity index (χ4n) is 1.10. The van der Waals surface area contributed by atoms with Crippen molar-refractivity contribution in [1.82, 2.24) is 5.32 Å². The van der Waals surface area contributed by atoms with E-state index in [2.05, 4.69) is 20.1 Å². The van der Waals surface area contributed by atoms with Crippen LogP contribution in [0.5, 0.6) is 0 Å². The molecule has 1 rings (SSSR count). The van der Waals surface area contributed by atoms with Crippen molar-refractivity contribution in [3.05, 3.63) is 46.0 Å². The summed E-state index contributed by atoms with van der Waals surface area (Å²) in [7, 11) is 1.12. The Morgan fingerprint density at radius 3 is 3.06 bits per heavy atom. The van der Waals surface area contributed by atoms with E-state index in [-0.39, 0.29) is 12.4 Å². The topological polar surface area (TPSA) is 124 Å². The van der Waals surface area contributed by atoms with Crippen molar-refractivity contribution in [3.8, 4) is 6.07 Å². The molecule has 8 nitrogen and oxygen atoms in total. The Labute approximate surface area is 102 Å². The molecule has 0 radical (unpaired) electrons. The zero-order valence-electron chi connectivity index (χ0n) is 9.45. The van der Waals surface area contributed by atoms with Crippen LogP contribution in [0, 0.1) is 11.3 Å². The van der Waals surface area contributed by atoms with Gasteiger partial charge in [0.05, 0.1) is 19.9 Å². The Balaban J connectivity index is 2.94. The van der Waals surface area contributed by atoms with E-state index in [9.17, 15) is 4.79 Å². The number of methoxy groups -OCH3 is 1. The number of esters is 1. The number of nitrogens with zero attached hydrogens (tertiary/aromatic N) is 4. The summed E-state index contributed by atoms with van der Waals surface area (Å²) in [5, 5.41) is 14.7. The highest BCUT2D eigenvalue weighted by Crippen LogP contribution is 2.07. The summed E-state index contributed by atoms with van der Waals surface area (Å²) >= 11 is 0. The molecule has 0 saturated heterocycles. The maximum Gasteiger partial charge on any atom is 0.350 e. The van der Waals surface area contributed by atoms with Gasteiger partial charge in [-0.1, -0.05) is 0 Å². The standard InChI is InChI=1S/C10H9N5O3/c1-17-10(16)8(5-11)9(14-15-12)13-6-7-3-2-4-18-7/h2-4,13H,6H2,1H3/b9-8+. The minimum atomic E-state index is -0.883. The Kier molecular flexibility index (Phi) is 4.84. The summed E-state index contributed by atoms with van der Waals surface area (Å²) in [5.74, 6) is -0.530. The number of hydrogen-bond acceptors (Lipinski definition) is 6. The molecule has 0 unspecified atom stereocenters. The van der Waals surface area contributed by atoms with E-state index in [1.165, 1.54) is 6.26 Å². The minimum Gasteiger partial charge on any atom is -0.467 e. The van der Waals surface area contributed by atoms with Crippen LogP contribution in [0.15, 0.2) is 39.3 Å². The summed E-state index contributed by atoms with van der Waals surface area (Å²) in [6, 6.07) is 4.98. The Bertz CT molecular complexity index is 534. The number of furan rings is 1. The van der Waals surface area contributed by atoms with Gasteiger partial charge in [0.25, 0.3) is 0 Å². The van der Waals surface area contributed by atoms with Gasteiger partial charge in [0.1, 0.15) is 17.7 Å². The number of azide groups is 1. The smallest absolute Gasteiger partial charge is 0.350 e. The summed E-state index contributed by atoms with van der Waals surface area (Å²) < 4.78 is 9.44. The lowest BCUT2D eigenvalue weighted by molar-refractivity contribution is -0.135. The van der Waals surface area contributed by atoms with Gasteiger partial charge in [-0.25, -0.2) is 4.79 Å². The van der Waals surface area contributed by atoms with E-state index in [4.69, 9.17) is 15.2 Å². The SMILES string of the molecule is COC(=O)/C(C#N)=C(/N=[N+]=[N-])NCc1ccco1. The first-order valence-corrected chi connectivity index (χ1v) is 4.77. The van der Waals surface area contributed by atoms with Crippen LogP contribution in [-0.4, -0.2) is 13.1 Å². The zero-order chi connectivity index (χ0) is 13.4. The molecular formula is C10H9N5O3. The van der Waals surface area contributed by atoms with Gasteiger partial charge in [-0.05, 0) is 22.8 Å². The first kappa shape index (κ1) is 13.2. The van der Waals surface area contributed by atoms with Gasteiger partial charge < -0.3 is 14.5 Å². The Hall–Kier alpha value is -2.91. The molecule has 0 aliphatic heterocycles. The maximum atomic E-state index is 11.3. The van der Waals surface area contributed by atoms with E-state index in [1.54, 1.807) is 18.2 Å². The van der Waals surface area contributed by atoms with Gasteiger partial charge in [-0.3, -0.25) is 0 Å². The average molecular weight is 247 g/mol. The predicted molar refractivity (Wildman–Crippen MR) is 59.3 cm³/mol. The van der Waals surface area contributed by atoms with Crippen LogP contribution in [0.25, 0.3) is 10.4 Å². The fraction of sp³-hybridized carbons (Fsp3) is 0.200. The quantitative estimate of drug-likeness (QED) is 0.211. The molecule has 0 fully saturated rings.